The molecule has 6 rings (SSSR count). The van der Waals surface area contributed by atoms with E-state index in [1.54, 1.807) is 5.57 Å². The number of esters is 2. The fourth-order valence-electron chi connectivity index (χ4n) is 8.31. The van der Waals surface area contributed by atoms with E-state index in [4.69, 9.17) is 9.47 Å². The van der Waals surface area contributed by atoms with Crippen LogP contribution in [0.4, 0.5) is 0 Å². The van der Waals surface area contributed by atoms with Gasteiger partial charge in [0.1, 0.15) is 12.2 Å². The Morgan fingerprint density at radius 1 is 0.784 bits per heavy atom. The Bertz CT molecular complexity index is 1190. The molecule has 0 saturated heterocycles. The summed E-state index contributed by atoms with van der Waals surface area (Å²) in [6.07, 6.45) is 10.9. The van der Waals surface area contributed by atoms with Gasteiger partial charge in [0.25, 0.3) is 0 Å². The number of carbonyl (C=O) groups excluding carboxylic acids is 2. The summed E-state index contributed by atoms with van der Waals surface area (Å²) in [5.41, 5.74) is 3.11. The van der Waals surface area contributed by atoms with Gasteiger partial charge < -0.3 is 9.47 Å². The van der Waals surface area contributed by atoms with Crippen molar-refractivity contribution in [3.8, 4) is 0 Å². The van der Waals surface area contributed by atoms with Crippen LogP contribution in [0.2, 0.25) is 0 Å². The van der Waals surface area contributed by atoms with E-state index in [0.29, 0.717) is 28.9 Å². The normalized spacial score (nSPS) is 36.4. The van der Waals surface area contributed by atoms with Crippen molar-refractivity contribution in [3.05, 3.63) is 83.4 Å². The van der Waals surface area contributed by atoms with Gasteiger partial charge in [0.2, 0.25) is 0 Å². The van der Waals surface area contributed by atoms with Gasteiger partial charge in [-0.15, -0.1) is 0 Å². The number of allylic oxidation sites excluding steroid dienone is 2. The van der Waals surface area contributed by atoms with Crippen molar-refractivity contribution in [2.75, 3.05) is 0 Å². The third-order valence-electron chi connectivity index (χ3n) is 10.4. The quantitative estimate of drug-likeness (QED) is 0.325. The summed E-state index contributed by atoms with van der Waals surface area (Å²) >= 11 is 0. The zero-order chi connectivity index (χ0) is 25.6. The summed E-state index contributed by atoms with van der Waals surface area (Å²) in [6, 6.07) is 18.7. The van der Waals surface area contributed by atoms with E-state index < -0.39 is 0 Å². The van der Waals surface area contributed by atoms with Gasteiger partial charge in [0, 0.05) is 5.41 Å². The minimum absolute atomic E-state index is 0.00419. The van der Waals surface area contributed by atoms with Crippen LogP contribution in [0.15, 0.2) is 72.3 Å². The van der Waals surface area contributed by atoms with Gasteiger partial charge in [0.05, 0.1) is 11.1 Å². The van der Waals surface area contributed by atoms with Crippen molar-refractivity contribution in [1.29, 1.82) is 0 Å². The minimum Gasteiger partial charge on any atom is -0.459 e. The second-order valence-corrected chi connectivity index (χ2v) is 12.3. The molecule has 194 valence electrons. The largest absolute Gasteiger partial charge is 0.459 e. The van der Waals surface area contributed by atoms with Crippen LogP contribution in [0.3, 0.4) is 0 Å². The molecule has 0 heterocycles. The molecule has 2 aromatic carbocycles. The first-order chi connectivity index (χ1) is 17.9. The van der Waals surface area contributed by atoms with Crippen LogP contribution in [0.1, 0.15) is 85.9 Å². The molecular formula is C33H38O4. The third-order valence-corrected chi connectivity index (χ3v) is 10.4. The standard InChI is InChI=1S/C33H38O4/c1-32-19-17-25(36-30(34)22-9-5-3-6-10-22)21-24(32)13-14-26-27-15-16-29(33(27,2)20-18-28(26)32)37-31(35)23-11-7-4-8-12-23/h3-12,18,24-27,29H,13-17,19-21H2,1-2H3/t24-,25-,26+,27+,29+,32+,33+/m1/s1. The fraction of sp³-hybridized carbons (Fsp3) is 0.515. The van der Waals surface area contributed by atoms with E-state index in [2.05, 4.69) is 19.9 Å². The molecule has 3 saturated carbocycles. The van der Waals surface area contributed by atoms with Gasteiger partial charge in [0.15, 0.2) is 0 Å². The number of ether oxygens (including phenoxy) is 2. The molecule has 4 heteroatoms. The number of fused-ring (bicyclic) bond motifs is 5. The first-order valence-corrected chi connectivity index (χ1v) is 14.1. The first kappa shape index (κ1) is 24.5. The lowest BCUT2D eigenvalue weighted by atomic mass is 9.49. The molecule has 0 bridgehead atoms. The highest BCUT2D eigenvalue weighted by molar-refractivity contribution is 5.90. The highest BCUT2D eigenvalue weighted by atomic mass is 16.5. The summed E-state index contributed by atoms with van der Waals surface area (Å²) in [6.45, 7) is 4.82. The number of hydrogen-bond donors (Lipinski definition) is 0. The molecule has 0 aliphatic heterocycles. The topological polar surface area (TPSA) is 52.6 Å². The molecule has 0 aromatic heterocycles. The summed E-state index contributed by atoms with van der Waals surface area (Å²) in [5.74, 6) is 1.30. The second-order valence-electron chi connectivity index (χ2n) is 12.3. The molecule has 4 nitrogen and oxygen atoms in total. The highest BCUT2D eigenvalue weighted by Crippen LogP contribution is 2.64. The smallest absolute Gasteiger partial charge is 0.338 e. The molecule has 37 heavy (non-hydrogen) atoms. The van der Waals surface area contributed by atoms with Crippen molar-refractivity contribution in [3.63, 3.8) is 0 Å². The van der Waals surface area contributed by atoms with Gasteiger partial charge in [-0.05, 0) is 98.8 Å². The Labute approximate surface area is 220 Å². The van der Waals surface area contributed by atoms with Crippen molar-refractivity contribution < 1.29 is 19.1 Å². The Morgan fingerprint density at radius 3 is 2.11 bits per heavy atom. The SMILES string of the molecule is C[C@]12CC=C3[C@@H](CC[C@@H]4C[C@H](OC(=O)c5ccccc5)CC[C@]34C)[C@@H]1CC[C@@H]2OC(=O)c1ccccc1. The lowest BCUT2D eigenvalue weighted by Gasteiger charge is -2.56. The first-order valence-electron chi connectivity index (χ1n) is 14.1. The number of carbonyl (C=O) groups is 2. The maximum atomic E-state index is 12.9. The number of benzene rings is 2. The molecule has 4 aliphatic rings. The van der Waals surface area contributed by atoms with Gasteiger partial charge in [-0.2, -0.15) is 0 Å². The van der Waals surface area contributed by atoms with Crippen LogP contribution in [0.25, 0.3) is 0 Å². The van der Waals surface area contributed by atoms with Crippen LogP contribution in [0.5, 0.6) is 0 Å². The molecule has 0 amide bonds. The van der Waals surface area contributed by atoms with E-state index >= 15 is 0 Å². The lowest BCUT2D eigenvalue weighted by Crippen LogP contribution is -2.49. The minimum atomic E-state index is -0.197. The summed E-state index contributed by atoms with van der Waals surface area (Å²) in [7, 11) is 0. The van der Waals surface area contributed by atoms with Gasteiger partial charge >= 0.3 is 11.9 Å². The van der Waals surface area contributed by atoms with E-state index in [1.165, 1.54) is 12.8 Å². The zero-order valence-electron chi connectivity index (χ0n) is 22.0. The van der Waals surface area contributed by atoms with Gasteiger partial charge in [-0.25, -0.2) is 9.59 Å². The molecule has 7 atom stereocenters. The Hall–Kier alpha value is -2.88. The second kappa shape index (κ2) is 9.45. The molecular weight excluding hydrogens is 460 g/mol. The maximum Gasteiger partial charge on any atom is 0.338 e. The van der Waals surface area contributed by atoms with Crippen LogP contribution < -0.4 is 0 Å². The lowest BCUT2D eigenvalue weighted by molar-refractivity contribution is -0.0434. The van der Waals surface area contributed by atoms with E-state index in [1.807, 2.05) is 60.7 Å². The summed E-state index contributed by atoms with van der Waals surface area (Å²) in [5, 5.41) is 0. The van der Waals surface area contributed by atoms with Crippen molar-refractivity contribution in [1.82, 2.24) is 0 Å². The fourth-order valence-corrected chi connectivity index (χ4v) is 8.31. The van der Waals surface area contributed by atoms with Gasteiger partial charge in [-0.3, -0.25) is 0 Å². The average Bonchev–Trinajstić information content (AvgIpc) is 3.25. The van der Waals surface area contributed by atoms with Crippen molar-refractivity contribution >= 4 is 11.9 Å². The van der Waals surface area contributed by atoms with Crippen LogP contribution in [-0.2, 0) is 9.47 Å². The third kappa shape index (κ3) is 4.23. The predicted molar refractivity (Wildman–Crippen MR) is 143 cm³/mol. The molecule has 3 fully saturated rings. The number of rotatable bonds is 4. The average molecular weight is 499 g/mol. The van der Waals surface area contributed by atoms with Crippen LogP contribution in [0, 0.1) is 28.6 Å². The molecule has 4 aliphatic carbocycles. The molecule has 2 aromatic rings. The molecule has 0 spiro atoms. The van der Waals surface area contributed by atoms with Gasteiger partial charge in [-0.1, -0.05) is 61.9 Å². The molecule has 0 unspecified atom stereocenters. The van der Waals surface area contributed by atoms with Crippen LogP contribution >= 0.6 is 0 Å². The van der Waals surface area contributed by atoms with Crippen LogP contribution in [-0.4, -0.2) is 24.1 Å². The molecule has 0 N–H and O–H groups in total. The van der Waals surface area contributed by atoms with E-state index in [0.717, 1.165) is 38.5 Å². The monoisotopic (exact) mass is 498 g/mol. The van der Waals surface area contributed by atoms with E-state index in [-0.39, 0.29) is 35.0 Å². The summed E-state index contributed by atoms with van der Waals surface area (Å²) < 4.78 is 12.1. The summed E-state index contributed by atoms with van der Waals surface area (Å²) in [4.78, 5) is 25.5. The van der Waals surface area contributed by atoms with Crippen molar-refractivity contribution in [2.45, 2.75) is 77.4 Å². The van der Waals surface area contributed by atoms with E-state index in [9.17, 15) is 9.59 Å². The maximum absolute atomic E-state index is 12.9. The number of hydrogen-bond acceptors (Lipinski definition) is 4. The molecule has 0 radical (unpaired) electrons. The predicted octanol–water partition coefficient (Wildman–Crippen LogP) is 7.40. The Morgan fingerprint density at radius 2 is 1.43 bits per heavy atom. The Balaban J connectivity index is 1.15. The zero-order valence-corrected chi connectivity index (χ0v) is 22.0. The Kier molecular flexibility index (Phi) is 6.25. The van der Waals surface area contributed by atoms with Crippen molar-refractivity contribution in [2.24, 2.45) is 28.6 Å². The highest BCUT2D eigenvalue weighted by Gasteiger charge is 2.58.